The molecular formula is C12H13NO4. The maximum absolute atomic E-state index is 11.6. The lowest BCUT2D eigenvalue weighted by Crippen LogP contribution is -2.41. The van der Waals surface area contributed by atoms with Crippen molar-refractivity contribution < 1.29 is 19.1 Å². The predicted octanol–water partition coefficient (Wildman–Crippen LogP) is 1.08. The van der Waals surface area contributed by atoms with E-state index in [-0.39, 0.29) is 6.42 Å². The van der Waals surface area contributed by atoms with Crippen molar-refractivity contribution in [1.82, 2.24) is 4.98 Å². The standard InChI is InChI=1S/C12H13NO4/c1-2-10-16-11(14)9(12(15)17-10)7-8-3-5-13-6-4-8/h3-6,9-10H,2,7H2,1H3. The summed E-state index contributed by atoms with van der Waals surface area (Å²) in [4.78, 5) is 27.1. The van der Waals surface area contributed by atoms with Gasteiger partial charge in [0.1, 0.15) is 0 Å². The minimum absolute atomic E-state index is 0.288. The number of aromatic nitrogens is 1. The Labute approximate surface area is 98.7 Å². The van der Waals surface area contributed by atoms with E-state index >= 15 is 0 Å². The maximum atomic E-state index is 11.6. The molecular weight excluding hydrogens is 222 g/mol. The van der Waals surface area contributed by atoms with Gasteiger partial charge in [-0.1, -0.05) is 6.92 Å². The van der Waals surface area contributed by atoms with Crippen LogP contribution in [0.1, 0.15) is 18.9 Å². The number of carbonyl (C=O) groups excluding carboxylic acids is 2. The summed E-state index contributed by atoms with van der Waals surface area (Å²) < 4.78 is 9.99. The number of carbonyl (C=O) groups is 2. The number of esters is 2. The molecule has 1 aliphatic heterocycles. The molecule has 0 amide bonds. The highest BCUT2D eigenvalue weighted by Gasteiger charge is 2.38. The lowest BCUT2D eigenvalue weighted by Gasteiger charge is -2.26. The first kappa shape index (κ1) is 11.6. The van der Waals surface area contributed by atoms with E-state index in [1.165, 1.54) is 0 Å². The Kier molecular flexibility index (Phi) is 3.37. The van der Waals surface area contributed by atoms with Crippen molar-refractivity contribution in [3.63, 3.8) is 0 Å². The Bertz CT molecular complexity index is 400. The van der Waals surface area contributed by atoms with Crippen LogP contribution in [0, 0.1) is 5.92 Å². The number of hydrogen-bond donors (Lipinski definition) is 0. The molecule has 0 aliphatic carbocycles. The summed E-state index contributed by atoms with van der Waals surface area (Å²) in [7, 11) is 0. The van der Waals surface area contributed by atoms with Gasteiger partial charge < -0.3 is 9.47 Å². The van der Waals surface area contributed by atoms with Gasteiger partial charge in [-0.2, -0.15) is 0 Å². The van der Waals surface area contributed by atoms with E-state index in [1.54, 1.807) is 31.5 Å². The molecule has 0 bridgehead atoms. The summed E-state index contributed by atoms with van der Waals surface area (Å²) in [6.07, 6.45) is 3.26. The summed E-state index contributed by atoms with van der Waals surface area (Å²) in [5, 5.41) is 0. The Morgan fingerprint density at radius 3 is 2.29 bits per heavy atom. The minimum atomic E-state index is -0.861. The second-order valence-corrected chi connectivity index (χ2v) is 3.82. The molecule has 90 valence electrons. The third kappa shape index (κ3) is 2.61. The van der Waals surface area contributed by atoms with Gasteiger partial charge in [-0.05, 0) is 24.1 Å². The van der Waals surface area contributed by atoms with Crippen LogP contribution in [0.3, 0.4) is 0 Å². The van der Waals surface area contributed by atoms with E-state index in [0.29, 0.717) is 6.42 Å². The fourth-order valence-corrected chi connectivity index (χ4v) is 1.63. The molecule has 0 aromatic carbocycles. The molecule has 0 saturated carbocycles. The Balaban J connectivity index is 2.07. The molecule has 0 N–H and O–H groups in total. The second kappa shape index (κ2) is 4.95. The van der Waals surface area contributed by atoms with Crippen molar-refractivity contribution in [3.8, 4) is 0 Å². The average Bonchev–Trinajstić information content (AvgIpc) is 2.35. The lowest BCUT2D eigenvalue weighted by molar-refractivity contribution is -0.212. The molecule has 1 saturated heterocycles. The molecule has 5 heteroatoms. The monoisotopic (exact) mass is 235 g/mol. The molecule has 0 atom stereocenters. The van der Waals surface area contributed by atoms with E-state index < -0.39 is 24.1 Å². The molecule has 17 heavy (non-hydrogen) atoms. The van der Waals surface area contributed by atoms with Crippen LogP contribution < -0.4 is 0 Å². The van der Waals surface area contributed by atoms with E-state index in [4.69, 9.17) is 9.47 Å². The van der Waals surface area contributed by atoms with Crippen molar-refractivity contribution in [2.75, 3.05) is 0 Å². The summed E-state index contributed by atoms with van der Waals surface area (Å²) in [6.45, 7) is 1.79. The summed E-state index contributed by atoms with van der Waals surface area (Å²) in [5.41, 5.74) is 0.855. The Hall–Kier alpha value is -1.91. The van der Waals surface area contributed by atoms with E-state index in [9.17, 15) is 9.59 Å². The highest BCUT2D eigenvalue weighted by Crippen LogP contribution is 2.20. The van der Waals surface area contributed by atoms with Crippen molar-refractivity contribution in [2.45, 2.75) is 26.1 Å². The highest BCUT2D eigenvalue weighted by molar-refractivity contribution is 5.96. The Morgan fingerprint density at radius 2 is 1.76 bits per heavy atom. The van der Waals surface area contributed by atoms with Gasteiger partial charge in [0, 0.05) is 18.8 Å². The van der Waals surface area contributed by atoms with Crippen LogP contribution in [-0.2, 0) is 25.5 Å². The van der Waals surface area contributed by atoms with Crippen LogP contribution in [0.25, 0.3) is 0 Å². The number of hydrogen-bond acceptors (Lipinski definition) is 5. The van der Waals surface area contributed by atoms with Crippen LogP contribution in [0.5, 0.6) is 0 Å². The third-order valence-corrected chi connectivity index (χ3v) is 2.59. The van der Waals surface area contributed by atoms with Gasteiger partial charge in [-0.25, -0.2) is 0 Å². The number of cyclic esters (lactones) is 2. The van der Waals surface area contributed by atoms with Crippen LogP contribution in [0.15, 0.2) is 24.5 Å². The minimum Gasteiger partial charge on any atom is -0.425 e. The molecule has 1 aliphatic rings. The van der Waals surface area contributed by atoms with Gasteiger partial charge in [0.25, 0.3) is 0 Å². The summed E-state index contributed by atoms with van der Waals surface area (Å²) in [6, 6.07) is 3.51. The van der Waals surface area contributed by atoms with Gasteiger partial charge in [-0.15, -0.1) is 0 Å². The SMILES string of the molecule is CCC1OC(=O)C(Cc2ccncc2)C(=O)O1. The fourth-order valence-electron chi connectivity index (χ4n) is 1.63. The first-order valence-corrected chi connectivity index (χ1v) is 5.50. The van der Waals surface area contributed by atoms with Crippen molar-refractivity contribution in [2.24, 2.45) is 5.92 Å². The molecule has 0 spiro atoms. The van der Waals surface area contributed by atoms with Crippen LogP contribution in [0.4, 0.5) is 0 Å². The average molecular weight is 235 g/mol. The number of rotatable bonds is 3. The van der Waals surface area contributed by atoms with E-state index in [1.807, 2.05) is 0 Å². The highest BCUT2D eigenvalue weighted by atomic mass is 16.7. The second-order valence-electron chi connectivity index (χ2n) is 3.82. The number of pyridine rings is 1. The van der Waals surface area contributed by atoms with Gasteiger partial charge in [-0.3, -0.25) is 14.6 Å². The van der Waals surface area contributed by atoms with Crippen LogP contribution in [-0.4, -0.2) is 23.2 Å². The number of nitrogens with zero attached hydrogens (tertiary/aromatic N) is 1. The Morgan fingerprint density at radius 1 is 1.18 bits per heavy atom. The summed E-state index contributed by atoms with van der Waals surface area (Å²) >= 11 is 0. The maximum Gasteiger partial charge on any atom is 0.323 e. The molecule has 5 nitrogen and oxygen atoms in total. The zero-order chi connectivity index (χ0) is 12.3. The van der Waals surface area contributed by atoms with Gasteiger partial charge in [0.2, 0.25) is 6.29 Å². The zero-order valence-corrected chi connectivity index (χ0v) is 9.46. The first-order chi connectivity index (χ1) is 8.20. The molecule has 1 aromatic rings. The largest absolute Gasteiger partial charge is 0.425 e. The smallest absolute Gasteiger partial charge is 0.323 e. The van der Waals surface area contributed by atoms with Crippen LogP contribution >= 0.6 is 0 Å². The molecule has 1 fully saturated rings. The summed E-state index contributed by atoms with van der Waals surface area (Å²) in [5.74, 6) is -1.88. The topological polar surface area (TPSA) is 65.5 Å². The molecule has 1 aromatic heterocycles. The quantitative estimate of drug-likeness (QED) is 0.579. The van der Waals surface area contributed by atoms with Crippen molar-refractivity contribution in [3.05, 3.63) is 30.1 Å². The fraction of sp³-hybridized carbons (Fsp3) is 0.417. The van der Waals surface area contributed by atoms with Gasteiger partial charge in [0.05, 0.1) is 0 Å². The van der Waals surface area contributed by atoms with Crippen molar-refractivity contribution in [1.29, 1.82) is 0 Å². The molecule has 0 radical (unpaired) electrons. The van der Waals surface area contributed by atoms with Crippen LogP contribution in [0.2, 0.25) is 0 Å². The normalized spacial score (nSPS) is 24.1. The van der Waals surface area contributed by atoms with Crippen molar-refractivity contribution >= 4 is 11.9 Å². The van der Waals surface area contributed by atoms with Gasteiger partial charge >= 0.3 is 11.9 Å². The number of ether oxygens (including phenoxy) is 2. The van der Waals surface area contributed by atoms with E-state index in [0.717, 1.165) is 5.56 Å². The lowest BCUT2D eigenvalue weighted by atomic mass is 10.00. The predicted molar refractivity (Wildman–Crippen MR) is 57.7 cm³/mol. The zero-order valence-electron chi connectivity index (χ0n) is 9.46. The van der Waals surface area contributed by atoms with Gasteiger partial charge in [0.15, 0.2) is 5.92 Å². The third-order valence-electron chi connectivity index (χ3n) is 2.59. The molecule has 0 unspecified atom stereocenters. The first-order valence-electron chi connectivity index (χ1n) is 5.50. The molecule has 2 heterocycles. The van der Waals surface area contributed by atoms with E-state index in [2.05, 4.69) is 4.98 Å². The molecule has 2 rings (SSSR count).